The van der Waals surface area contributed by atoms with Crippen LogP contribution in [0.2, 0.25) is 5.02 Å². The number of allylic oxidation sites excluding steroid dienone is 1. The van der Waals surface area contributed by atoms with E-state index in [1.165, 1.54) is 23.0 Å². The van der Waals surface area contributed by atoms with Gasteiger partial charge in [0.2, 0.25) is 0 Å². The van der Waals surface area contributed by atoms with Crippen molar-refractivity contribution in [3.05, 3.63) is 134 Å². The van der Waals surface area contributed by atoms with E-state index in [1.807, 2.05) is 23.6 Å². The third-order valence-electron chi connectivity index (χ3n) is 7.01. The Bertz CT molecular complexity index is 2000. The molecular formula is C29H18ClN3O4S2. The zero-order chi connectivity index (χ0) is 26.7. The van der Waals surface area contributed by atoms with E-state index in [0.29, 0.717) is 26.4 Å². The van der Waals surface area contributed by atoms with Crippen molar-refractivity contribution in [1.82, 2.24) is 4.57 Å². The first-order valence-electron chi connectivity index (χ1n) is 12.2. The van der Waals surface area contributed by atoms with Crippen LogP contribution >= 0.6 is 34.3 Å². The van der Waals surface area contributed by atoms with Gasteiger partial charge in [-0.2, -0.15) is 0 Å². The molecule has 0 radical (unpaired) electrons. The first-order chi connectivity index (χ1) is 19.0. The van der Waals surface area contributed by atoms with Crippen molar-refractivity contribution in [2.45, 2.75) is 18.9 Å². The third kappa shape index (κ3) is 4.01. The fraction of sp³-hybridized carbons (Fsp3) is 0.103. The summed E-state index contributed by atoms with van der Waals surface area (Å²) in [4.78, 5) is 31.6. The van der Waals surface area contributed by atoms with Crippen molar-refractivity contribution in [2.24, 2.45) is 4.99 Å². The number of nitro benzene ring substituents is 1. The molecule has 1 atom stereocenters. The lowest BCUT2D eigenvalue weighted by molar-refractivity contribution is -0.384. The molecule has 4 heterocycles. The molecule has 3 aromatic heterocycles. The zero-order valence-electron chi connectivity index (χ0n) is 20.2. The van der Waals surface area contributed by atoms with E-state index in [9.17, 15) is 14.9 Å². The van der Waals surface area contributed by atoms with E-state index in [4.69, 9.17) is 21.0 Å². The molecule has 39 heavy (non-hydrogen) atoms. The number of nitrogens with zero attached hydrogens (tertiary/aromatic N) is 3. The van der Waals surface area contributed by atoms with Crippen molar-refractivity contribution in [1.29, 1.82) is 0 Å². The average molecular weight is 572 g/mol. The lowest BCUT2D eigenvalue weighted by Crippen LogP contribution is -2.38. The summed E-state index contributed by atoms with van der Waals surface area (Å²) < 4.78 is 8.22. The summed E-state index contributed by atoms with van der Waals surface area (Å²) in [6, 6.07) is 20.0. The largest absolute Gasteiger partial charge is 0.456 e. The molecule has 192 valence electrons. The molecule has 0 bridgehead atoms. The monoisotopic (exact) mass is 571 g/mol. The number of furan rings is 1. The minimum atomic E-state index is -0.494. The summed E-state index contributed by atoms with van der Waals surface area (Å²) in [6.45, 7) is 0. The number of thiazole rings is 1. The van der Waals surface area contributed by atoms with Crippen LogP contribution in [0.25, 0.3) is 23.1 Å². The fourth-order valence-electron chi connectivity index (χ4n) is 5.29. The molecule has 5 aromatic rings. The highest BCUT2D eigenvalue weighted by Gasteiger charge is 2.33. The molecule has 2 aromatic carbocycles. The summed E-state index contributed by atoms with van der Waals surface area (Å²) in [5.41, 5.74) is 4.53. The predicted molar refractivity (Wildman–Crippen MR) is 153 cm³/mol. The fourth-order valence-corrected chi connectivity index (χ4v) is 7.28. The van der Waals surface area contributed by atoms with Gasteiger partial charge in [0.1, 0.15) is 11.5 Å². The van der Waals surface area contributed by atoms with Crippen LogP contribution in [0.3, 0.4) is 0 Å². The quantitative estimate of drug-likeness (QED) is 0.190. The van der Waals surface area contributed by atoms with Crippen LogP contribution in [-0.4, -0.2) is 9.49 Å². The Hall–Kier alpha value is -4.05. The highest BCUT2D eigenvalue weighted by atomic mass is 35.5. The number of rotatable bonds is 4. The molecule has 1 aliphatic carbocycles. The number of hydrogen-bond donors (Lipinski definition) is 0. The van der Waals surface area contributed by atoms with E-state index >= 15 is 0 Å². The Morgan fingerprint density at radius 1 is 1.08 bits per heavy atom. The molecule has 0 amide bonds. The van der Waals surface area contributed by atoms with Gasteiger partial charge in [0.15, 0.2) is 4.80 Å². The number of nitro groups is 1. The molecule has 0 unspecified atom stereocenters. The average Bonchev–Trinajstić information content (AvgIpc) is 3.69. The second-order valence-electron chi connectivity index (χ2n) is 9.25. The van der Waals surface area contributed by atoms with Gasteiger partial charge >= 0.3 is 0 Å². The standard InChI is InChI=1S/C29H18ClN3O4S2/c30-17-8-11-20(22(14-17)33(35)36)23-12-9-18(37-23)15-25-28(34)32-27(24-6-3-13-38-24)21-10-7-16-4-1-2-5-19(16)26(21)31-29(32)39-25/h1-6,8-9,11-15,27H,7,10H2/b25-15-/t27-/m0/s1. The number of aromatic nitrogens is 1. The normalized spacial score (nSPS) is 16.4. The lowest BCUT2D eigenvalue weighted by Gasteiger charge is -2.30. The van der Waals surface area contributed by atoms with Gasteiger partial charge in [0.05, 0.1) is 26.8 Å². The molecule has 0 fully saturated rings. The molecule has 0 N–H and O–H groups in total. The van der Waals surface area contributed by atoms with E-state index in [0.717, 1.165) is 34.6 Å². The highest BCUT2D eigenvalue weighted by molar-refractivity contribution is 7.10. The van der Waals surface area contributed by atoms with Gasteiger partial charge in [-0.15, -0.1) is 11.3 Å². The Kier molecular flexibility index (Phi) is 5.73. The van der Waals surface area contributed by atoms with Crippen molar-refractivity contribution >= 4 is 51.7 Å². The Morgan fingerprint density at radius 3 is 2.77 bits per heavy atom. The number of aryl methyl sites for hydroxylation is 1. The van der Waals surface area contributed by atoms with Crippen LogP contribution in [0.5, 0.6) is 0 Å². The van der Waals surface area contributed by atoms with Crippen molar-refractivity contribution in [3.63, 3.8) is 0 Å². The van der Waals surface area contributed by atoms with Gasteiger partial charge in [-0.25, -0.2) is 4.99 Å². The smallest absolute Gasteiger partial charge is 0.281 e. The Morgan fingerprint density at radius 2 is 1.95 bits per heavy atom. The van der Waals surface area contributed by atoms with Crippen molar-refractivity contribution in [2.75, 3.05) is 0 Å². The Balaban J connectivity index is 1.37. The number of hydrogen-bond acceptors (Lipinski definition) is 7. The maximum Gasteiger partial charge on any atom is 0.281 e. The maximum absolute atomic E-state index is 13.8. The van der Waals surface area contributed by atoms with Crippen molar-refractivity contribution < 1.29 is 9.34 Å². The lowest BCUT2D eigenvalue weighted by atomic mass is 9.85. The molecule has 0 spiro atoms. The maximum atomic E-state index is 13.8. The van der Waals surface area contributed by atoms with Crippen LogP contribution in [0.4, 0.5) is 5.69 Å². The van der Waals surface area contributed by atoms with Gasteiger partial charge < -0.3 is 4.42 Å². The topological polar surface area (TPSA) is 90.6 Å². The molecule has 1 aliphatic heterocycles. The molecule has 10 heteroatoms. The first kappa shape index (κ1) is 24.0. The van der Waals surface area contributed by atoms with Crippen LogP contribution in [-0.2, 0) is 6.42 Å². The number of halogens is 1. The summed E-state index contributed by atoms with van der Waals surface area (Å²) in [5.74, 6) is 0.738. The molecule has 0 saturated heterocycles. The van der Waals surface area contributed by atoms with Crippen molar-refractivity contribution in [3.8, 4) is 11.3 Å². The van der Waals surface area contributed by atoms with Gasteiger partial charge in [0.25, 0.3) is 11.2 Å². The second kappa shape index (κ2) is 9.30. The van der Waals surface area contributed by atoms with E-state index in [2.05, 4.69) is 18.2 Å². The third-order valence-corrected chi connectivity index (χ3v) is 9.15. The minimum Gasteiger partial charge on any atom is -0.456 e. The van der Waals surface area contributed by atoms with Crippen LogP contribution in [0.1, 0.15) is 34.2 Å². The zero-order valence-corrected chi connectivity index (χ0v) is 22.6. The van der Waals surface area contributed by atoms with Gasteiger partial charge in [-0.05, 0) is 59.7 Å². The van der Waals surface area contributed by atoms with Gasteiger partial charge in [-0.3, -0.25) is 19.5 Å². The van der Waals surface area contributed by atoms with Gasteiger partial charge in [-0.1, -0.05) is 53.3 Å². The summed E-state index contributed by atoms with van der Waals surface area (Å²) in [5, 5.41) is 13.9. The number of thiophene rings is 1. The van der Waals surface area contributed by atoms with E-state index in [1.54, 1.807) is 46.2 Å². The number of benzene rings is 2. The molecule has 0 saturated carbocycles. The van der Waals surface area contributed by atoms with E-state index < -0.39 is 4.92 Å². The van der Waals surface area contributed by atoms with Crippen LogP contribution in [0.15, 0.2) is 91.9 Å². The molecule has 7 nitrogen and oxygen atoms in total. The molecular weight excluding hydrogens is 554 g/mol. The van der Waals surface area contributed by atoms with Gasteiger partial charge in [0, 0.05) is 27.6 Å². The predicted octanol–water partition coefficient (Wildman–Crippen LogP) is 6.20. The van der Waals surface area contributed by atoms with Crippen LogP contribution < -0.4 is 14.9 Å². The van der Waals surface area contributed by atoms with E-state index in [-0.39, 0.29) is 22.3 Å². The summed E-state index contributed by atoms with van der Waals surface area (Å²) in [6.07, 6.45) is 3.42. The molecule has 7 rings (SSSR count). The first-order valence-corrected chi connectivity index (χ1v) is 14.3. The highest BCUT2D eigenvalue weighted by Crippen LogP contribution is 2.42. The summed E-state index contributed by atoms with van der Waals surface area (Å²) >= 11 is 8.91. The Labute approximate surface area is 234 Å². The minimum absolute atomic E-state index is 0.141. The molecule has 2 aliphatic rings. The summed E-state index contributed by atoms with van der Waals surface area (Å²) in [7, 11) is 0. The SMILES string of the molecule is O=c1/c(=C/c2ccc(-c3ccc(Cl)cc3[N+](=O)[O-])o2)sc2n1[C@H](c1cccs1)C1=C(N=2)c2ccccc2CC1. The number of fused-ring (bicyclic) bond motifs is 3. The van der Waals surface area contributed by atoms with Crippen LogP contribution in [0, 0.1) is 10.1 Å². The second-order valence-corrected chi connectivity index (χ2v) is 11.7.